The van der Waals surface area contributed by atoms with E-state index in [4.69, 9.17) is 0 Å². The molecule has 1 saturated heterocycles. The van der Waals surface area contributed by atoms with Crippen molar-refractivity contribution in [2.24, 2.45) is 17.8 Å². The smallest absolute Gasteiger partial charge is 0.00194 e. The first kappa shape index (κ1) is 11.4. The number of nitrogens with zero attached hydrogens (tertiary/aromatic N) is 1. The number of rotatable bonds is 5. The summed E-state index contributed by atoms with van der Waals surface area (Å²) in [6.45, 7) is 10.9. The summed E-state index contributed by atoms with van der Waals surface area (Å²) in [5, 5.41) is 3.45. The van der Waals surface area contributed by atoms with Gasteiger partial charge in [0.25, 0.3) is 0 Å². The van der Waals surface area contributed by atoms with Gasteiger partial charge in [0.1, 0.15) is 0 Å². The Balaban J connectivity index is 1.68. The monoisotopic (exact) mass is 210 g/mol. The Labute approximate surface area is 94.4 Å². The quantitative estimate of drug-likeness (QED) is 0.746. The van der Waals surface area contributed by atoms with Crippen LogP contribution in [0.3, 0.4) is 0 Å². The van der Waals surface area contributed by atoms with Crippen molar-refractivity contribution in [3.63, 3.8) is 0 Å². The second kappa shape index (κ2) is 5.31. The fourth-order valence-corrected chi connectivity index (χ4v) is 3.38. The van der Waals surface area contributed by atoms with Gasteiger partial charge in [0.2, 0.25) is 0 Å². The number of hydrogen-bond acceptors (Lipinski definition) is 2. The fourth-order valence-electron chi connectivity index (χ4n) is 3.38. The van der Waals surface area contributed by atoms with Crippen molar-refractivity contribution >= 4 is 0 Å². The van der Waals surface area contributed by atoms with Crippen LogP contribution in [0.2, 0.25) is 0 Å². The van der Waals surface area contributed by atoms with Crippen LogP contribution in [-0.4, -0.2) is 37.6 Å². The van der Waals surface area contributed by atoms with Gasteiger partial charge >= 0.3 is 0 Å². The number of hydrogen-bond donors (Lipinski definition) is 1. The molecule has 2 aliphatic rings. The Hall–Kier alpha value is -0.0800. The predicted octanol–water partition coefficient (Wildman–Crippen LogP) is 1.96. The topological polar surface area (TPSA) is 15.3 Å². The molecule has 1 heterocycles. The first-order valence-corrected chi connectivity index (χ1v) is 6.72. The normalized spacial score (nSPS) is 33.2. The van der Waals surface area contributed by atoms with Crippen molar-refractivity contribution in [3.8, 4) is 0 Å². The molecule has 1 saturated carbocycles. The summed E-state index contributed by atoms with van der Waals surface area (Å²) in [6, 6.07) is 0. The number of fused-ring (bicyclic) bond motifs is 1. The lowest BCUT2D eigenvalue weighted by molar-refractivity contribution is 0.264. The summed E-state index contributed by atoms with van der Waals surface area (Å²) in [5.74, 6) is 2.91. The largest absolute Gasteiger partial charge is 0.317 e. The molecule has 0 amide bonds. The molecule has 3 atom stereocenters. The van der Waals surface area contributed by atoms with Crippen LogP contribution in [0.4, 0.5) is 0 Å². The Morgan fingerprint density at radius 1 is 1.27 bits per heavy atom. The van der Waals surface area contributed by atoms with Crippen molar-refractivity contribution in [2.75, 3.05) is 32.7 Å². The molecule has 0 aromatic rings. The lowest BCUT2D eigenvalue weighted by Gasteiger charge is -2.21. The van der Waals surface area contributed by atoms with Gasteiger partial charge in [-0.15, -0.1) is 0 Å². The van der Waals surface area contributed by atoms with E-state index in [-0.39, 0.29) is 0 Å². The van der Waals surface area contributed by atoms with Gasteiger partial charge in [0.05, 0.1) is 0 Å². The van der Waals surface area contributed by atoms with Crippen molar-refractivity contribution in [3.05, 3.63) is 0 Å². The minimum Gasteiger partial charge on any atom is -0.317 e. The van der Waals surface area contributed by atoms with E-state index < -0.39 is 0 Å². The molecule has 2 fully saturated rings. The highest BCUT2D eigenvalue weighted by Crippen LogP contribution is 2.37. The van der Waals surface area contributed by atoms with Gasteiger partial charge < -0.3 is 10.2 Å². The second-order valence-corrected chi connectivity index (χ2v) is 5.58. The number of nitrogens with one attached hydrogen (secondary N) is 1. The molecular weight excluding hydrogens is 184 g/mol. The first-order valence-electron chi connectivity index (χ1n) is 6.72. The molecule has 0 bridgehead atoms. The average molecular weight is 210 g/mol. The molecule has 2 heteroatoms. The lowest BCUT2D eigenvalue weighted by atomic mass is 10.0. The summed E-state index contributed by atoms with van der Waals surface area (Å²) < 4.78 is 0. The third kappa shape index (κ3) is 2.94. The maximum atomic E-state index is 3.45. The maximum absolute atomic E-state index is 3.45. The van der Waals surface area contributed by atoms with Gasteiger partial charge in [-0.3, -0.25) is 0 Å². The summed E-state index contributed by atoms with van der Waals surface area (Å²) in [5.41, 5.74) is 0. The first-order chi connectivity index (χ1) is 7.29. The van der Waals surface area contributed by atoms with E-state index in [0.29, 0.717) is 0 Å². The summed E-state index contributed by atoms with van der Waals surface area (Å²) >= 11 is 0. The lowest BCUT2D eigenvalue weighted by Crippen LogP contribution is -2.32. The van der Waals surface area contributed by atoms with Crippen LogP contribution in [0.5, 0.6) is 0 Å². The third-order valence-electron chi connectivity index (χ3n) is 4.11. The third-order valence-corrected chi connectivity index (χ3v) is 4.11. The van der Waals surface area contributed by atoms with Gasteiger partial charge in [-0.25, -0.2) is 0 Å². The molecule has 2 rings (SSSR count). The van der Waals surface area contributed by atoms with Crippen LogP contribution in [0.15, 0.2) is 0 Å². The molecule has 1 N–H and O–H groups in total. The van der Waals surface area contributed by atoms with E-state index in [1.807, 2.05) is 0 Å². The summed E-state index contributed by atoms with van der Waals surface area (Å²) in [4.78, 5) is 2.70. The van der Waals surface area contributed by atoms with Crippen LogP contribution in [0.1, 0.15) is 33.1 Å². The second-order valence-electron chi connectivity index (χ2n) is 5.58. The summed E-state index contributed by atoms with van der Waals surface area (Å²) in [6.07, 6.45) is 4.50. The minimum absolute atomic E-state index is 0.809. The van der Waals surface area contributed by atoms with Gasteiger partial charge in [-0.05, 0) is 43.7 Å². The molecule has 1 aliphatic carbocycles. The van der Waals surface area contributed by atoms with Gasteiger partial charge in [0.15, 0.2) is 0 Å². The standard InChI is InChI=1S/C13H26N2/c1-3-14-7-11(2)8-15-9-12-5-4-6-13(12)10-15/h11-14H,3-10H2,1-2H3. The van der Waals surface area contributed by atoms with E-state index in [1.54, 1.807) is 0 Å². The molecule has 2 nitrogen and oxygen atoms in total. The predicted molar refractivity (Wildman–Crippen MR) is 65.0 cm³/mol. The molecule has 0 aromatic carbocycles. The van der Waals surface area contributed by atoms with Gasteiger partial charge in [-0.1, -0.05) is 20.3 Å². The van der Waals surface area contributed by atoms with E-state index in [2.05, 4.69) is 24.1 Å². The Kier molecular flexibility index (Phi) is 4.04. The molecular formula is C13H26N2. The van der Waals surface area contributed by atoms with Crippen LogP contribution >= 0.6 is 0 Å². The summed E-state index contributed by atoms with van der Waals surface area (Å²) in [7, 11) is 0. The fraction of sp³-hybridized carbons (Fsp3) is 1.00. The van der Waals surface area contributed by atoms with Gasteiger partial charge in [0, 0.05) is 19.6 Å². The Morgan fingerprint density at radius 2 is 1.93 bits per heavy atom. The van der Waals surface area contributed by atoms with Crippen LogP contribution in [0, 0.1) is 17.8 Å². The zero-order valence-electron chi connectivity index (χ0n) is 10.3. The Bertz CT molecular complexity index is 181. The Morgan fingerprint density at radius 3 is 2.53 bits per heavy atom. The van der Waals surface area contributed by atoms with Crippen molar-refractivity contribution in [1.82, 2.24) is 10.2 Å². The zero-order chi connectivity index (χ0) is 10.7. The van der Waals surface area contributed by atoms with Crippen molar-refractivity contribution in [2.45, 2.75) is 33.1 Å². The minimum atomic E-state index is 0.809. The van der Waals surface area contributed by atoms with Crippen LogP contribution < -0.4 is 5.32 Å². The van der Waals surface area contributed by atoms with Crippen molar-refractivity contribution in [1.29, 1.82) is 0 Å². The molecule has 3 unspecified atom stereocenters. The highest BCUT2D eigenvalue weighted by molar-refractivity contribution is 4.88. The zero-order valence-corrected chi connectivity index (χ0v) is 10.3. The highest BCUT2D eigenvalue weighted by atomic mass is 15.2. The molecule has 15 heavy (non-hydrogen) atoms. The highest BCUT2D eigenvalue weighted by Gasteiger charge is 2.35. The molecule has 0 radical (unpaired) electrons. The molecule has 0 spiro atoms. The van der Waals surface area contributed by atoms with E-state index in [0.717, 1.165) is 24.3 Å². The molecule has 0 aromatic heterocycles. The molecule has 88 valence electrons. The van der Waals surface area contributed by atoms with E-state index in [1.165, 1.54) is 45.4 Å². The SMILES string of the molecule is CCNCC(C)CN1CC2CCCC2C1. The number of likely N-dealkylation sites (tertiary alicyclic amines) is 1. The van der Waals surface area contributed by atoms with Crippen molar-refractivity contribution < 1.29 is 0 Å². The average Bonchev–Trinajstić information content (AvgIpc) is 2.74. The van der Waals surface area contributed by atoms with E-state index >= 15 is 0 Å². The van der Waals surface area contributed by atoms with E-state index in [9.17, 15) is 0 Å². The molecule has 1 aliphatic heterocycles. The van der Waals surface area contributed by atoms with Crippen LogP contribution in [-0.2, 0) is 0 Å². The van der Waals surface area contributed by atoms with Gasteiger partial charge in [-0.2, -0.15) is 0 Å². The van der Waals surface area contributed by atoms with Crippen LogP contribution in [0.25, 0.3) is 0 Å². The maximum Gasteiger partial charge on any atom is 0.00194 e.